The smallest absolute Gasteiger partial charge is 0.120 e. The molecule has 1 aromatic rings. The summed E-state index contributed by atoms with van der Waals surface area (Å²) in [6.07, 6.45) is 1.63. The molecule has 0 aliphatic carbocycles. The molecule has 0 radical (unpaired) electrons. The van der Waals surface area contributed by atoms with Gasteiger partial charge in [-0.3, -0.25) is 4.90 Å². The highest BCUT2D eigenvalue weighted by Gasteiger charge is 2.26. The van der Waals surface area contributed by atoms with Gasteiger partial charge in [-0.15, -0.1) is 0 Å². The van der Waals surface area contributed by atoms with Gasteiger partial charge in [-0.25, -0.2) is 0 Å². The molecule has 0 atom stereocenters. The van der Waals surface area contributed by atoms with E-state index in [1.54, 1.807) is 12.1 Å². The van der Waals surface area contributed by atoms with Crippen LogP contribution in [0.5, 0.6) is 5.75 Å². The lowest BCUT2D eigenvalue weighted by molar-refractivity contribution is -0.00768. The summed E-state index contributed by atoms with van der Waals surface area (Å²) in [5.74, 6) is 0.739. The fourth-order valence-corrected chi connectivity index (χ4v) is 2.21. The van der Waals surface area contributed by atoms with E-state index >= 15 is 0 Å². The van der Waals surface area contributed by atoms with E-state index in [1.165, 1.54) is 0 Å². The number of hydrogen-bond acceptors (Lipinski definition) is 4. The Bertz CT molecular complexity index is 455. The van der Waals surface area contributed by atoms with E-state index in [0.29, 0.717) is 12.2 Å². The van der Waals surface area contributed by atoms with Gasteiger partial charge in [0.1, 0.15) is 12.4 Å². The van der Waals surface area contributed by atoms with Crippen molar-refractivity contribution >= 4 is 0 Å². The second-order valence-corrected chi connectivity index (χ2v) is 5.33. The first-order valence-corrected chi connectivity index (χ1v) is 6.67. The minimum atomic E-state index is -0.502. The topological polar surface area (TPSA) is 56.5 Å². The van der Waals surface area contributed by atoms with Gasteiger partial charge in [-0.1, -0.05) is 6.07 Å². The molecule has 1 aliphatic heterocycles. The predicted molar refractivity (Wildman–Crippen MR) is 72.9 cm³/mol. The predicted octanol–water partition coefficient (Wildman–Crippen LogP) is 1.78. The van der Waals surface area contributed by atoms with Crippen molar-refractivity contribution in [1.29, 1.82) is 5.26 Å². The maximum Gasteiger partial charge on any atom is 0.120 e. The number of rotatable bonds is 4. The average Bonchev–Trinajstić information content (AvgIpc) is 2.41. The number of hydrogen-bond donors (Lipinski definition) is 1. The molecule has 1 aromatic carbocycles. The molecule has 1 heterocycles. The number of nitriles is 1. The molecule has 4 nitrogen and oxygen atoms in total. The molecule has 1 saturated heterocycles. The Kier molecular flexibility index (Phi) is 4.41. The maximum atomic E-state index is 9.86. The van der Waals surface area contributed by atoms with Crippen LogP contribution in [0.2, 0.25) is 0 Å². The van der Waals surface area contributed by atoms with Gasteiger partial charge in [-0.2, -0.15) is 5.26 Å². The molecule has 2 rings (SSSR count). The fourth-order valence-electron chi connectivity index (χ4n) is 2.21. The molecule has 0 unspecified atom stereocenters. The SMILES string of the molecule is CC1(O)CCN(CCOc2cccc(C#N)c2)CC1. The normalized spacial score (nSPS) is 18.8. The number of nitrogens with zero attached hydrogens (tertiary/aromatic N) is 2. The van der Waals surface area contributed by atoms with Crippen LogP contribution in [-0.2, 0) is 0 Å². The third-order valence-electron chi connectivity index (χ3n) is 3.57. The van der Waals surface area contributed by atoms with E-state index in [-0.39, 0.29) is 0 Å². The van der Waals surface area contributed by atoms with E-state index in [2.05, 4.69) is 11.0 Å². The highest BCUT2D eigenvalue weighted by atomic mass is 16.5. The van der Waals surface area contributed by atoms with Crippen LogP contribution < -0.4 is 4.74 Å². The van der Waals surface area contributed by atoms with Gasteiger partial charge in [-0.05, 0) is 38.0 Å². The van der Waals surface area contributed by atoms with E-state index in [0.717, 1.165) is 38.2 Å². The van der Waals surface area contributed by atoms with Crippen LogP contribution in [0, 0.1) is 11.3 Å². The second-order valence-electron chi connectivity index (χ2n) is 5.33. The number of aliphatic hydroxyl groups is 1. The Morgan fingerprint density at radius 1 is 1.42 bits per heavy atom. The Balaban J connectivity index is 1.74. The summed E-state index contributed by atoms with van der Waals surface area (Å²) in [6, 6.07) is 9.30. The summed E-state index contributed by atoms with van der Waals surface area (Å²) in [6.45, 7) is 5.18. The van der Waals surface area contributed by atoms with Crippen molar-refractivity contribution in [2.45, 2.75) is 25.4 Å². The zero-order valence-corrected chi connectivity index (χ0v) is 11.3. The quantitative estimate of drug-likeness (QED) is 0.896. The van der Waals surface area contributed by atoms with E-state index in [9.17, 15) is 5.11 Å². The number of benzene rings is 1. The van der Waals surface area contributed by atoms with Gasteiger partial charge in [0.15, 0.2) is 0 Å². The summed E-state index contributed by atoms with van der Waals surface area (Å²) in [5, 5.41) is 18.7. The van der Waals surface area contributed by atoms with Crippen molar-refractivity contribution in [3.05, 3.63) is 29.8 Å². The highest BCUT2D eigenvalue weighted by molar-refractivity contribution is 5.36. The van der Waals surface area contributed by atoms with Crippen LogP contribution in [0.3, 0.4) is 0 Å². The highest BCUT2D eigenvalue weighted by Crippen LogP contribution is 2.20. The molecule has 0 spiro atoms. The molecule has 1 aliphatic rings. The fraction of sp³-hybridized carbons (Fsp3) is 0.533. The Hall–Kier alpha value is -1.57. The molecule has 0 amide bonds. The van der Waals surface area contributed by atoms with Crippen LogP contribution in [0.1, 0.15) is 25.3 Å². The Morgan fingerprint density at radius 3 is 2.84 bits per heavy atom. The summed E-state index contributed by atoms with van der Waals surface area (Å²) in [7, 11) is 0. The van der Waals surface area contributed by atoms with Crippen molar-refractivity contribution < 1.29 is 9.84 Å². The molecule has 0 saturated carbocycles. The largest absolute Gasteiger partial charge is 0.492 e. The van der Waals surface area contributed by atoms with Crippen LogP contribution in [0.25, 0.3) is 0 Å². The summed E-state index contributed by atoms with van der Waals surface area (Å²) >= 11 is 0. The lowest BCUT2D eigenvalue weighted by Gasteiger charge is -2.35. The first-order valence-electron chi connectivity index (χ1n) is 6.67. The van der Waals surface area contributed by atoms with E-state index in [4.69, 9.17) is 10.00 Å². The van der Waals surface area contributed by atoms with Crippen LogP contribution in [0.4, 0.5) is 0 Å². The molecule has 19 heavy (non-hydrogen) atoms. The lowest BCUT2D eigenvalue weighted by Crippen LogP contribution is -2.43. The van der Waals surface area contributed by atoms with Crippen molar-refractivity contribution in [2.75, 3.05) is 26.2 Å². The molecule has 0 bridgehead atoms. The first-order chi connectivity index (χ1) is 9.09. The van der Waals surface area contributed by atoms with Gasteiger partial charge in [0.2, 0.25) is 0 Å². The van der Waals surface area contributed by atoms with Gasteiger partial charge in [0.05, 0.1) is 17.2 Å². The lowest BCUT2D eigenvalue weighted by atomic mass is 9.94. The van der Waals surface area contributed by atoms with Gasteiger partial charge in [0, 0.05) is 19.6 Å². The van der Waals surface area contributed by atoms with Crippen molar-refractivity contribution in [2.24, 2.45) is 0 Å². The molecule has 102 valence electrons. The summed E-state index contributed by atoms with van der Waals surface area (Å²) in [5.41, 5.74) is 0.116. The average molecular weight is 260 g/mol. The van der Waals surface area contributed by atoms with E-state index < -0.39 is 5.60 Å². The van der Waals surface area contributed by atoms with Gasteiger partial charge < -0.3 is 9.84 Å². The van der Waals surface area contributed by atoms with Crippen LogP contribution >= 0.6 is 0 Å². The summed E-state index contributed by atoms with van der Waals surface area (Å²) in [4.78, 5) is 2.30. The van der Waals surface area contributed by atoms with E-state index in [1.807, 2.05) is 19.1 Å². The van der Waals surface area contributed by atoms with Crippen molar-refractivity contribution in [1.82, 2.24) is 4.90 Å². The molecule has 4 heteroatoms. The van der Waals surface area contributed by atoms with Crippen molar-refractivity contribution in [3.8, 4) is 11.8 Å². The molecular formula is C15H20N2O2. The molecule has 1 N–H and O–H groups in total. The third kappa shape index (κ3) is 4.23. The van der Waals surface area contributed by atoms with Crippen molar-refractivity contribution in [3.63, 3.8) is 0 Å². The Labute approximate surface area is 114 Å². The monoisotopic (exact) mass is 260 g/mol. The zero-order chi connectivity index (χ0) is 13.7. The number of ether oxygens (including phenoxy) is 1. The number of piperidine rings is 1. The summed E-state index contributed by atoms with van der Waals surface area (Å²) < 4.78 is 5.65. The molecule has 1 fully saturated rings. The van der Waals surface area contributed by atoms with Gasteiger partial charge >= 0.3 is 0 Å². The third-order valence-corrected chi connectivity index (χ3v) is 3.57. The maximum absolute atomic E-state index is 9.86. The number of likely N-dealkylation sites (tertiary alicyclic amines) is 1. The minimum absolute atomic E-state index is 0.502. The zero-order valence-electron chi connectivity index (χ0n) is 11.3. The molecular weight excluding hydrogens is 240 g/mol. The second kappa shape index (κ2) is 6.05. The minimum Gasteiger partial charge on any atom is -0.492 e. The molecule has 0 aromatic heterocycles. The van der Waals surface area contributed by atoms with Gasteiger partial charge in [0.25, 0.3) is 0 Å². The first kappa shape index (κ1) is 13.9. The Morgan fingerprint density at radius 2 is 2.16 bits per heavy atom. The van der Waals surface area contributed by atoms with Crippen LogP contribution in [0.15, 0.2) is 24.3 Å². The van der Waals surface area contributed by atoms with Crippen LogP contribution in [-0.4, -0.2) is 41.8 Å². The standard InChI is InChI=1S/C15H20N2O2/c1-15(18)5-7-17(8-6-15)9-10-19-14-4-2-3-13(11-14)12-16/h2-4,11,18H,5-10H2,1H3.